The Labute approximate surface area is 113 Å². The Bertz CT molecular complexity index is 215. The quantitative estimate of drug-likeness (QED) is 0.790. The zero-order chi connectivity index (χ0) is 13.6. The van der Waals surface area contributed by atoms with Crippen molar-refractivity contribution in [3.05, 3.63) is 0 Å². The van der Waals surface area contributed by atoms with Crippen LogP contribution in [0, 0.1) is 5.92 Å². The molecule has 1 rings (SSSR count). The molecule has 0 spiro atoms. The Hall–Kier alpha value is -0.120. The summed E-state index contributed by atoms with van der Waals surface area (Å²) in [5.74, 6) is 0.853. The topological polar surface area (TPSA) is 24.5 Å². The van der Waals surface area contributed by atoms with E-state index in [1.165, 1.54) is 32.5 Å². The Balaban J connectivity index is 2.09. The molecule has 18 heavy (non-hydrogen) atoms. The number of nitrogens with one attached hydrogen (secondary N) is 1. The minimum Gasteiger partial charge on any atom is -0.377 e. The van der Waals surface area contributed by atoms with E-state index in [4.69, 9.17) is 4.74 Å². The third-order valence-corrected chi connectivity index (χ3v) is 3.49. The van der Waals surface area contributed by atoms with Crippen LogP contribution < -0.4 is 5.32 Å². The van der Waals surface area contributed by atoms with E-state index in [9.17, 15) is 0 Å². The van der Waals surface area contributed by atoms with Crippen LogP contribution >= 0.6 is 0 Å². The van der Waals surface area contributed by atoms with Crippen molar-refractivity contribution < 1.29 is 4.74 Å². The normalized spacial score (nSPS) is 19.7. The lowest BCUT2D eigenvalue weighted by molar-refractivity contribution is 0.0505. The summed E-state index contributed by atoms with van der Waals surface area (Å²) in [6, 6.07) is 0. The summed E-state index contributed by atoms with van der Waals surface area (Å²) < 4.78 is 5.61. The number of hydrogen-bond acceptors (Lipinski definition) is 3. The van der Waals surface area contributed by atoms with Crippen LogP contribution in [0.15, 0.2) is 0 Å². The van der Waals surface area contributed by atoms with Gasteiger partial charge in [0, 0.05) is 12.1 Å². The molecule has 0 atom stereocenters. The minimum atomic E-state index is 0.252. The van der Waals surface area contributed by atoms with E-state index < -0.39 is 0 Å². The molecular weight excluding hydrogens is 224 g/mol. The third kappa shape index (κ3) is 7.34. The summed E-state index contributed by atoms with van der Waals surface area (Å²) in [5, 5.41) is 3.62. The summed E-state index contributed by atoms with van der Waals surface area (Å²) in [4.78, 5) is 2.54. The molecule has 3 heteroatoms. The average molecular weight is 256 g/mol. The number of ether oxygens (including phenoxy) is 1. The lowest BCUT2D eigenvalue weighted by Crippen LogP contribution is -2.43. The maximum Gasteiger partial charge on any atom is 0.0596 e. The molecule has 0 aliphatic carbocycles. The van der Waals surface area contributed by atoms with E-state index in [0.29, 0.717) is 6.10 Å². The zero-order valence-electron chi connectivity index (χ0n) is 13.0. The Kier molecular flexibility index (Phi) is 6.61. The molecule has 0 aromatic rings. The smallest absolute Gasteiger partial charge is 0.0596 e. The molecule has 3 nitrogen and oxygen atoms in total. The number of rotatable bonds is 6. The van der Waals surface area contributed by atoms with Crippen LogP contribution in [-0.4, -0.2) is 49.3 Å². The van der Waals surface area contributed by atoms with Crippen molar-refractivity contribution in [2.75, 3.05) is 32.8 Å². The lowest BCUT2D eigenvalue weighted by atomic mass is 9.95. The second-order valence-electron chi connectivity index (χ2n) is 6.84. The summed E-state index contributed by atoms with van der Waals surface area (Å²) >= 11 is 0. The first-order valence-electron chi connectivity index (χ1n) is 7.46. The van der Waals surface area contributed by atoms with Gasteiger partial charge in [0.25, 0.3) is 0 Å². The van der Waals surface area contributed by atoms with E-state index in [-0.39, 0.29) is 5.54 Å². The molecular formula is C15H32N2O. The highest BCUT2D eigenvalue weighted by molar-refractivity contribution is 4.77. The predicted molar refractivity (Wildman–Crippen MR) is 78.0 cm³/mol. The first-order valence-corrected chi connectivity index (χ1v) is 7.46. The molecule has 0 unspecified atom stereocenters. The fourth-order valence-electron chi connectivity index (χ4n) is 2.28. The van der Waals surface area contributed by atoms with E-state index >= 15 is 0 Å². The minimum absolute atomic E-state index is 0.252. The molecule has 1 aliphatic heterocycles. The maximum absolute atomic E-state index is 5.61. The van der Waals surface area contributed by atoms with Crippen LogP contribution in [0.4, 0.5) is 0 Å². The van der Waals surface area contributed by atoms with Crippen molar-refractivity contribution in [1.82, 2.24) is 10.2 Å². The SMILES string of the molecule is CC(C)OCCN1CCC(CNC(C)(C)C)CC1. The van der Waals surface area contributed by atoms with Gasteiger partial charge >= 0.3 is 0 Å². The third-order valence-electron chi connectivity index (χ3n) is 3.49. The highest BCUT2D eigenvalue weighted by Crippen LogP contribution is 2.17. The highest BCUT2D eigenvalue weighted by atomic mass is 16.5. The molecule has 0 bridgehead atoms. The molecule has 1 heterocycles. The fourth-order valence-corrected chi connectivity index (χ4v) is 2.28. The van der Waals surface area contributed by atoms with Gasteiger partial charge < -0.3 is 15.0 Å². The second-order valence-corrected chi connectivity index (χ2v) is 6.84. The summed E-state index contributed by atoms with van der Waals surface area (Å²) in [6.07, 6.45) is 3.01. The van der Waals surface area contributed by atoms with Gasteiger partial charge in [-0.2, -0.15) is 0 Å². The van der Waals surface area contributed by atoms with Crippen LogP contribution in [-0.2, 0) is 4.74 Å². The second kappa shape index (κ2) is 7.46. The number of likely N-dealkylation sites (tertiary alicyclic amines) is 1. The standard InChI is InChI=1S/C15H32N2O/c1-13(2)18-11-10-17-8-6-14(7-9-17)12-16-15(3,4)5/h13-14,16H,6-12H2,1-5H3. The van der Waals surface area contributed by atoms with Gasteiger partial charge in [-0.25, -0.2) is 0 Å². The van der Waals surface area contributed by atoms with E-state index in [1.54, 1.807) is 0 Å². The van der Waals surface area contributed by atoms with Gasteiger partial charge in [0.2, 0.25) is 0 Å². The maximum atomic E-state index is 5.61. The molecule has 108 valence electrons. The Morgan fingerprint density at radius 1 is 1.22 bits per heavy atom. The van der Waals surface area contributed by atoms with Gasteiger partial charge in [0.15, 0.2) is 0 Å². The van der Waals surface area contributed by atoms with Crippen molar-refractivity contribution >= 4 is 0 Å². The van der Waals surface area contributed by atoms with Crippen LogP contribution in [0.5, 0.6) is 0 Å². The molecule has 0 saturated carbocycles. The molecule has 0 radical (unpaired) electrons. The van der Waals surface area contributed by atoms with Gasteiger partial charge in [-0.1, -0.05) is 0 Å². The van der Waals surface area contributed by atoms with Crippen molar-refractivity contribution in [2.24, 2.45) is 5.92 Å². The van der Waals surface area contributed by atoms with E-state index in [0.717, 1.165) is 19.1 Å². The van der Waals surface area contributed by atoms with Crippen LogP contribution in [0.3, 0.4) is 0 Å². The van der Waals surface area contributed by atoms with Gasteiger partial charge in [0.05, 0.1) is 12.7 Å². The van der Waals surface area contributed by atoms with Crippen LogP contribution in [0.1, 0.15) is 47.5 Å². The largest absolute Gasteiger partial charge is 0.377 e. The average Bonchev–Trinajstić information content (AvgIpc) is 2.26. The van der Waals surface area contributed by atoms with Crippen LogP contribution in [0.2, 0.25) is 0 Å². The summed E-state index contributed by atoms with van der Waals surface area (Å²) in [6.45, 7) is 16.5. The van der Waals surface area contributed by atoms with Crippen molar-refractivity contribution in [3.63, 3.8) is 0 Å². The van der Waals surface area contributed by atoms with Gasteiger partial charge in [-0.05, 0) is 73.0 Å². The van der Waals surface area contributed by atoms with Crippen molar-refractivity contribution in [3.8, 4) is 0 Å². The van der Waals surface area contributed by atoms with Gasteiger partial charge in [-0.15, -0.1) is 0 Å². The summed E-state index contributed by atoms with van der Waals surface area (Å²) in [5.41, 5.74) is 0.252. The number of piperidine rings is 1. The fraction of sp³-hybridized carbons (Fsp3) is 1.00. The van der Waals surface area contributed by atoms with Crippen molar-refractivity contribution in [1.29, 1.82) is 0 Å². The van der Waals surface area contributed by atoms with Gasteiger partial charge in [0.1, 0.15) is 0 Å². The molecule has 0 aromatic heterocycles. The summed E-state index contributed by atoms with van der Waals surface area (Å²) in [7, 11) is 0. The first kappa shape index (κ1) is 15.9. The zero-order valence-corrected chi connectivity index (χ0v) is 13.0. The lowest BCUT2D eigenvalue weighted by Gasteiger charge is -2.33. The number of nitrogens with zero attached hydrogens (tertiary/aromatic N) is 1. The van der Waals surface area contributed by atoms with Gasteiger partial charge in [-0.3, -0.25) is 0 Å². The monoisotopic (exact) mass is 256 g/mol. The molecule has 1 saturated heterocycles. The first-order chi connectivity index (χ1) is 8.37. The molecule has 1 aliphatic rings. The van der Waals surface area contributed by atoms with E-state index in [2.05, 4.69) is 44.8 Å². The Morgan fingerprint density at radius 2 is 1.83 bits per heavy atom. The molecule has 1 N–H and O–H groups in total. The Morgan fingerprint density at radius 3 is 2.33 bits per heavy atom. The number of hydrogen-bond donors (Lipinski definition) is 1. The van der Waals surface area contributed by atoms with Crippen molar-refractivity contribution in [2.45, 2.75) is 59.1 Å². The molecule has 1 fully saturated rings. The predicted octanol–water partition coefficient (Wildman–Crippen LogP) is 2.51. The van der Waals surface area contributed by atoms with E-state index in [1.807, 2.05) is 0 Å². The highest BCUT2D eigenvalue weighted by Gasteiger charge is 2.20. The molecule has 0 aromatic carbocycles. The van der Waals surface area contributed by atoms with Crippen LogP contribution in [0.25, 0.3) is 0 Å². The molecule has 0 amide bonds.